The number of nitrogens with zero attached hydrogens (tertiary/aromatic N) is 1. The molecule has 156 valence electrons. The van der Waals surface area contributed by atoms with Gasteiger partial charge in [0.15, 0.2) is 18.1 Å². The molecule has 7 heteroatoms. The van der Waals surface area contributed by atoms with Gasteiger partial charge in [0.25, 0.3) is 0 Å². The number of benzene rings is 3. The molecule has 0 bridgehead atoms. The lowest BCUT2D eigenvalue weighted by Gasteiger charge is -2.11. The van der Waals surface area contributed by atoms with Crippen molar-refractivity contribution in [2.24, 2.45) is 0 Å². The highest BCUT2D eigenvalue weighted by atomic mass is 35.5. The van der Waals surface area contributed by atoms with Gasteiger partial charge in [0, 0.05) is 11.1 Å². The van der Waals surface area contributed by atoms with Crippen LogP contribution in [0.15, 0.2) is 66.7 Å². The molecule has 0 radical (unpaired) electrons. The molecule has 0 heterocycles. The maximum Gasteiger partial charge on any atom is 0.349 e. The van der Waals surface area contributed by atoms with Gasteiger partial charge in [-0.3, -0.25) is 0 Å². The van der Waals surface area contributed by atoms with E-state index in [1.165, 1.54) is 13.2 Å². The highest BCUT2D eigenvalue weighted by Gasteiger charge is 2.13. The van der Waals surface area contributed by atoms with Gasteiger partial charge in [0.2, 0.25) is 0 Å². The predicted molar refractivity (Wildman–Crippen MR) is 121 cm³/mol. The fraction of sp³-hybridized carbons (Fsp3) is 0.0833. The first-order valence-corrected chi connectivity index (χ1v) is 9.89. The molecule has 3 rings (SSSR count). The third-order valence-corrected chi connectivity index (χ3v) is 4.71. The van der Waals surface area contributed by atoms with E-state index in [1.54, 1.807) is 36.4 Å². The second-order valence-corrected chi connectivity index (χ2v) is 7.13. The summed E-state index contributed by atoms with van der Waals surface area (Å²) >= 11 is 11.9. The zero-order valence-corrected chi connectivity index (χ0v) is 18.0. The summed E-state index contributed by atoms with van der Waals surface area (Å²) in [4.78, 5) is 12.2. The van der Waals surface area contributed by atoms with Gasteiger partial charge < -0.3 is 14.2 Å². The van der Waals surface area contributed by atoms with Gasteiger partial charge in [-0.25, -0.2) is 4.79 Å². The fourth-order valence-corrected chi connectivity index (χ4v) is 3.03. The summed E-state index contributed by atoms with van der Waals surface area (Å²) in [5.74, 6) is 0.208. The molecule has 0 unspecified atom stereocenters. The minimum Gasteiger partial charge on any atom is -0.493 e. The van der Waals surface area contributed by atoms with E-state index in [1.807, 2.05) is 30.3 Å². The van der Waals surface area contributed by atoms with E-state index in [2.05, 4.69) is 6.07 Å². The standard InChI is InChI=1S/C24H17Cl2NO4/c1-29-23-12-16(11-18(14-27)17-5-3-2-4-6-17)7-10-21(23)31-24(28)15-30-22-13-19(25)8-9-20(22)26/h2-13H,15H2,1H3. The van der Waals surface area contributed by atoms with Crippen molar-refractivity contribution < 1.29 is 19.0 Å². The lowest BCUT2D eigenvalue weighted by molar-refractivity contribution is -0.136. The zero-order chi connectivity index (χ0) is 22.2. The van der Waals surface area contributed by atoms with Crippen LogP contribution in [-0.2, 0) is 4.79 Å². The van der Waals surface area contributed by atoms with Crippen molar-refractivity contribution >= 4 is 40.8 Å². The van der Waals surface area contributed by atoms with Crippen molar-refractivity contribution in [2.75, 3.05) is 13.7 Å². The Hall–Kier alpha value is -3.46. The number of halogens is 2. The first-order chi connectivity index (χ1) is 15.0. The molecular formula is C24H17Cl2NO4. The third kappa shape index (κ3) is 6.02. The lowest BCUT2D eigenvalue weighted by Crippen LogP contribution is -2.18. The Balaban J connectivity index is 1.72. The molecular weight excluding hydrogens is 437 g/mol. The highest BCUT2D eigenvalue weighted by Crippen LogP contribution is 2.31. The van der Waals surface area contributed by atoms with Crippen LogP contribution in [0.3, 0.4) is 0 Å². The van der Waals surface area contributed by atoms with Gasteiger partial charge in [-0.1, -0.05) is 59.6 Å². The topological polar surface area (TPSA) is 68.5 Å². The summed E-state index contributed by atoms with van der Waals surface area (Å²) in [6.07, 6.45) is 1.73. The number of hydrogen-bond donors (Lipinski definition) is 0. The molecule has 0 aliphatic carbocycles. The molecule has 3 aromatic carbocycles. The van der Waals surface area contributed by atoms with Crippen LogP contribution in [0.2, 0.25) is 10.0 Å². The molecule has 0 fully saturated rings. The van der Waals surface area contributed by atoms with Gasteiger partial charge in [-0.05, 0) is 41.5 Å². The van der Waals surface area contributed by atoms with Crippen molar-refractivity contribution in [2.45, 2.75) is 0 Å². The number of esters is 1. The molecule has 0 saturated heterocycles. The van der Waals surface area contributed by atoms with E-state index in [-0.39, 0.29) is 18.1 Å². The second-order valence-electron chi connectivity index (χ2n) is 6.28. The number of ether oxygens (including phenoxy) is 3. The molecule has 0 N–H and O–H groups in total. The van der Waals surface area contributed by atoms with Gasteiger partial charge >= 0.3 is 5.97 Å². The Morgan fingerprint density at radius 1 is 1.00 bits per heavy atom. The van der Waals surface area contributed by atoms with Gasteiger partial charge in [0.1, 0.15) is 5.75 Å². The van der Waals surface area contributed by atoms with Crippen LogP contribution in [0.25, 0.3) is 11.6 Å². The predicted octanol–water partition coefficient (Wildman–Crippen LogP) is 6.05. The Kier molecular flexibility index (Phi) is 7.55. The molecule has 3 aromatic rings. The van der Waals surface area contributed by atoms with Crippen molar-refractivity contribution in [1.29, 1.82) is 5.26 Å². The SMILES string of the molecule is COc1cc(C=C(C#N)c2ccccc2)ccc1OC(=O)COc1cc(Cl)ccc1Cl. The molecule has 0 saturated carbocycles. The van der Waals surface area contributed by atoms with Crippen LogP contribution in [0.1, 0.15) is 11.1 Å². The Morgan fingerprint density at radius 2 is 1.77 bits per heavy atom. The number of hydrogen-bond acceptors (Lipinski definition) is 5. The van der Waals surface area contributed by atoms with Crippen LogP contribution < -0.4 is 14.2 Å². The van der Waals surface area contributed by atoms with Crippen molar-refractivity contribution in [3.05, 3.63) is 87.9 Å². The average Bonchev–Trinajstić information content (AvgIpc) is 2.79. The minimum absolute atomic E-state index is 0.226. The normalized spacial score (nSPS) is 10.8. The smallest absolute Gasteiger partial charge is 0.349 e. The van der Waals surface area contributed by atoms with Crippen molar-refractivity contribution in [1.82, 2.24) is 0 Å². The van der Waals surface area contributed by atoms with Gasteiger partial charge in [0.05, 0.1) is 23.8 Å². The van der Waals surface area contributed by atoms with E-state index >= 15 is 0 Å². The number of rotatable bonds is 7. The second kappa shape index (κ2) is 10.5. The van der Waals surface area contributed by atoms with E-state index in [9.17, 15) is 10.1 Å². The molecule has 0 aromatic heterocycles. The summed E-state index contributed by atoms with van der Waals surface area (Å²) < 4.78 is 16.1. The quantitative estimate of drug-likeness (QED) is 0.188. The number of allylic oxidation sites excluding steroid dienone is 1. The van der Waals surface area contributed by atoms with Crippen LogP contribution in [0, 0.1) is 11.3 Å². The van der Waals surface area contributed by atoms with Crippen molar-refractivity contribution in [3.63, 3.8) is 0 Å². The average molecular weight is 454 g/mol. The number of carbonyl (C=O) groups is 1. The fourth-order valence-electron chi connectivity index (χ4n) is 2.70. The van der Waals surface area contributed by atoms with Gasteiger partial charge in [-0.15, -0.1) is 0 Å². The van der Waals surface area contributed by atoms with Crippen LogP contribution >= 0.6 is 23.2 Å². The van der Waals surface area contributed by atoms with E-state index in [4.69, 9.17) is 37.4 Å². The first-order valence-electron chi connectivity index (χ1n) is 9.14. The summed E-state index contributed by atoms with van der Waals surface area (Å²) in [5.41, 5.74) is 2.02. The monoisotopic (exact) mass is 453 g/mol. The Labute approximate surface area is 190 Å². The number of nitriles is 1. The summed E-state index contributed by atoms with van der Waals surface area (Å²) in [7, 11) is 1.46. The summed E-state index contributed by atoms with van der Waals surface area (Å²) in [6, 6.07) is 21.2. The molecule has 0 atom stereocenters. The van der Waals surface area contributed by atoms with E-state index < -0.39 is 5.97 Å². The molecule has 5 nitrogen and oxygen atoms in total. The summed E-state index contributed by atoms with van der Waals surface area (Å²) in [5, 5.41) is 10.2. The minimum atomic E-state index is -0.639. The summed E-state index contributed by atoms with van der Waals surface area (Å²) in [6.45, 7) is -0.364. The van der Waals surface area contributed by atoms with Crippen LogP contribution in [0.4, 0.5) is 0 Å². The van der Waals surface area contributed by atoms with Crippen LogP contribution in [-0.4, -0.2) is 19.7 Å². The van der Waals surface area contributed by atoms with Crippen molar-refractivity contribution in [3.8, 4) is 23.3 Å². The lowest BCUT2D eigenvalue weighted by atomic mass is 10.0. The Bertz CT molecular complexity index is 1150. The Morgan fingerprint density at radius 3 is 2.48 bits per heavy atom. The molecule has 0 amide bonds. The zero-order valence-electron chi connectivity index (χ0n) is 16.5. The van der Waals surface area contributed by atoms with E-state index in [0.29, 0.717) is 21.4 Å². The molecule has 31 heavy (non-hydrogen) atoms. The number of methoxy groups -OCH3 is 1. The largest absolute Gasteiger partial charge is 0.493 e. The number of carbonyl (C=O) groups excluding carboxylic acids is 1. The molecule has 0 aliphatic rings. The van der Waals surface area contributed by atoms with E-state index in [0.717, 1.165) is 11.1 Å². The maximum atomic E-state index is 12.2. The highest BCUT2D eigenvalue weighted by molar-refractivity contribution is 6.34. The van der Waals surface area contributed by atoms with Gasteiger partial charge in [-0.2, -0.15) is 5.26 Å². The first kappa shape index (κ1) is 22.2. The van der Waals surface area contributed by atoms with Crippen LogP contribution in [0.5, 0.6) is 17.2 Å². The third-order valence-electron chi connectivity index (χ3n) is 4.17. The molecule has 0 aliphatic heterocycles. The molecule has 0 spiro atoms. The maximum absolute atomic E-state index is 12.2.